The summed E-state index contributed by atoms with van der Waals surface area (Å²) in [4.78, 5) is 102. The Hall–Kier alpha value is -9.53. The number of fused-ring (bicyclic) bond motifs is 4. The highest BCUT2D eigenvalue weighted by Gasteiger charge is 2.35. The Labute approximate surface area is 406 Å². The predicted molar refractivity (Wildman–Crippen MR) is 245 cm³/mol. The molecular weight excluding hydrogens is 1040 g/mol. The second kappa shape index (κ2) is 16.8. The zero-order chi connectivity index (χ0) is 54.3. The number of benzene rings is 6. The molecule has 4 heterocycles. The molecule has 18 nitrogen and oxygen atoms in total. The van der Waals surface area contributed by atoms with Gasteiger partial charge in [-0.1, -0.05) is 0 Å². The van der Waals surface area contributed by atoms with Gasteiger partial charge in [0.1, 0.15) is 11.5 Å². The molecule has 0 aliphatic carbocycles. The molecule has 0 fully saturated rings. The van der Waals surface area contributed by atoms with Crippen molar-refractivity contribution in [1.29, 1.82) is 0 Å². The standard InChI is InChI=1S/C48H22F8N4O14S/c1-57-41(61)19-13-20-24(46(66)58(2)42(20)62)35(23(19)45(57)65)73-39-31(53)27(49)37(28(50)32(39)54)71-15-5-9-17(10-6-15)75(69,70)18-11-7-16(8-12-18)72-38-29(51)33(55)40(34(56)30(38)52)74-36-25-21(43(63)59(3)47(25)67)14-22-26(36)48(68)60(4)44(22)64/h5-14H,1-4H3. The molecule has 0 saturated carbocycles. The van der Waals surface area contributed by atoms with Gasteiger partial charge in [0.05, 0.1) is 52.9 Å². The van der Waals surface area contributed by atoms with Crippen LogP contribution in [0.4, 0.5) is 35.1 Å². The largest absolute Gasteiger partial charge is 0.451 e. The Morgan fingerprint density at radius 3 is 0.760 bits per heavy atom. The number of aromatic nitrogens is 4. The number of rotatable bonds is 10. The van der Waals surface area contributed by atoms with E-state index in [1.807, 2.05) is 0 Å². The van der Waals surface area contributed by atoms with Crippen molar-refractivity contribution in [2.45, 2.75) is 9.79 Å². The van der Waals surface area contributed by atoms with Crippen LogP contribution in [0, 0.1) is 46.5 Å². The summed E-state index contributed by atoms with van der Waals surface area (Å²) in [5, 5.41) is -5.07. The molecule has 0 spiro atoms. The van der Waals surface area contributed by atoms with E-state index in [2.05, 4.69) is 0 Å². The summed E-state index contributed by atoms with van der Waals surface area (Å²) in [7, 11) is -0.574. The maximum absolute atomic E-state index is 15.6. The van der Waals surface area contributed by atoms with E-state index < -0.39 is 200 Å². The van der Waals surface area contributed by atoms with Crippen LogP contribution in [-0.4, -0.2) is 26.7 Å². The molecular formula is C48H22F8N4O14S. The van der Waals surface area contributed by atoms with Crippen LogP contribution in [0.5, 0.6) is 46.0 Å². The van der Waals surface area contributed by atoms with Crippen LogP contribution >= 0.6 is 0 Å². The van der Waals surface area contributed by atoms with Gasteiger partial charge in [0.15, 0.2) is 11.5 Å². The van der Waals surface area contributed by atoms with Gasteiger partial charge >= 0.3 is 0 Å². The summed E-state index contributed by atoms with van der Waals surface area (Å²) in [6, 6.07) is 8.20. The molecule has 10 rings (SSSR count). The van der Waals surface area contributed by atoms with Gasteiger partial charge < -0.3 is 18.9 Å². The first-order valence-corrected chi connectivity index (χ1v) is 22.4. The fraction of sp³-hybridized carbons (Fsp3) is 0.0833. The average Bonchev–Trinajstić information content (AvgIpc) is 3.94. The molecule has 6 aromatic carbocycles. The maximum atomic E-state index is 15.6. The average molecular weight is 1060 g/mol. The van der Waals surface area contributed by atoms with Crippen molar-refractivity contribution in [2.75, 3.05) is 0 Å². The molecule has 0 unspecified atom stereocenters. The molecule has 0 radical (unpaired) electrons. The molecule has 0 aliphatic rings. The minimum atomic E-state index is -4.58. The number of halogens is 8. The Bertz CT molecular complexity index is 4300. The van der Waals surface area contributed by atoms with Crippen molar-refractivity contribution in [3.63, 3.8) is 0 Å². The van der Waals surface area contributed by atoms with Crippen molar-refractivity contribution in [1.82, 2.24) is 18.3 Å². The third-order valence-corrected chi connectivity index (χ3v) is 14.0. The summed E-state index contributed by atoms with van der Waals surface area (Å²) < 4.78 is 174. The fourth-order valence-electron chi connectivity index (χ4n) is 8.30. The van der Waals surface area contributed by atoms with Gasteiger partial charge in [-0.3, -0.25) is 56.6 Å². The number of nitrogens with zero attached hydrogens (tertiary/aromatic N) is 4. The van der Waals surface area contributed by atoms with E-state index >= 15 is 35.1 Å². The zero-order valence-electron chi connectivity index (χ0n) is 37.7. The highest BCUT2D eigenvalue weighted by Crippen LogP contribution is 2.44. The van der Waals surface area contributed by atoms with Crippen molar-refractivity contribution < 1.29 is 62.5 Å². The molecule has 0 aliphatic heterocycles. The maximum Gasteiger partial charge on any atom is 0.265 e. The SMILES string of the molecule is Cn1c(=O)c2cc3c(=O)n(C)c(=O)c3c(Oc3c(F)c(F)c(Oc4ccc(S(=O)(=O)c5ccc(Oc6c(F)c(F)c(Oc7c8c(=O)n(C)c(=O)c8cc8c(=O)n(C)c(=O)c78)c(F)c6F)cc5)cc4)c(F)c3F)c2c1=O. The molecule has 4 aromatic heterocycles. The Morgan fingerprint density at radius 2 is 0.533 bits per heavy atom. The third-order valence-electron chi connectivity index (χ3n) is 12.3. The second-order valence-corrected chi connectivity index (χ2v) is 18.4. The van der Waals surface area contributed by atoms with Gasteiger partial charge in [0.2, 0.25) is 79.4 Å². The second-order valence-electron chi connectivity index (χ2n) is 16.5. The van der Waals surface area contributed by atoms with E-state index in [1.165, 1.54) is 0 Å². The topological polar surface area (TPSA) is 227 Å². The Morgan fingerprint density at radius 1 is 0.320 bits per heavy atom. The molecule has 0 amide bonds. The van der Waals surface area contributed by atoms with E-state index in [0.717, 1.165) is 88.9 Å². The zero-order valence-corrected chi connectivity index (χ0v) is 38.5. The molecule has 27 heteroatoms. The summed E-state index contributed by atoms with van der Waals surface area (Å²) in [6.45, 7) is 0. The van der Waals surface area contributed by atoms with Gasteiger partial charge in [-0.25, -0.2) is 8.42 Å². The minimum absolute atomic E-state index is 0.524. The van der Waals surface area contributed by atoms with Crippen LogP contribution in [-0.2, 0) is 38.0 Å². The van der Waals surface area contributed by atoms with Gasteiger partial charge in [-0.05, 0) is 60.7 Å². The van der Waals surface area contributed by atoms with Crippen LogP contribution in [0.15, 0.2) is 109 Å². The lowest BCUT2D eigenvalue weighted by Crippen LogP contribution is -2.22. The highest BCUT2D eigenvalue weighted by molar-refractivity contribution is 7.91. The van der Waals surface area contributed by atoms with E-state index in [9.17, 15) is 46.8 Å². The van der Waals surface area contributed by atoms with Crippen LogP contribution in [0.2, 0.25) is 0 Å². The Balaban J connectivity index is 0.903. The first-order valence-electron chi connectivity index (χ1n) is 20.9. The van der Waals surface area contributed by atoms with Crippen LogP contribution < -0.4 is 63.4 Å². The lowest BCUT2D eigenvalue weighted by Gasteiger charge is -2.15. The van der Waals surface area contributed by atoms with E-state index in [1.54, 1.807) is 0 Å². The van der Waals surface area contributed by atoms with Gasteiger partial charge in [0.25, 0.3) is 44.5 Å². The number of ether oxygens (including phenoxy) is 4. The van der Waals surface area contributed by atoms with Crippen LogP contribution in [0.3, 0.4) is 0 Å². The van der Waals surface area contributed by atoms with E-state index in [4.69, 9.17) is 18.9 Å². The van der Waals surface area contributed by atoms with Gasteiger partial charge in [0, 0.05) is 28.2 Å². The Kier molecular flexibility index (Phi) is 11.0. The number of hydrogen-bond donors (Lipinski definition) is 0. The highest BCUT2D eigenvalue weighted by atomic mass is 32.2. The predicted octanol–water partition coefficient (Wildman–Crippen LogP) is 5.40. The molecule has 10 aromatic rings. The van der Waals surface area contributed by atoms with Crippen LogP contribution in [0.25, 0.3) is 43.1 Å². The summed E-state index contributed by atoms with van der Waals surface area (Å²) in [6.07, 6.45) is 0. The van der Waals surface area contributed by atoms with Crippen LogP contribution in [0.1, 0.15) is 0 Å². The van der Waals surface area contributed by atoms with E-state index in [-0.39, 0.29) is 0 Å². The third kappa shape index (κ3) is 6.94. The molecule has 0 atom stereocenters. The van der Waals surface area contributed by atoms with Gasteiger partial charge in [-0.2, -0.15) is 35.1 Å². The van der Waals surface area contributed by atoms with Crippen molar-refractivity contribution in [2.24, 2.45) is 28.2 Å². The first-order chi connectivity index (χ1) is 35.3. The number of sulfone groups is 1. The van der Waals surface area contributed by atoms with Gasteiger partial charge in [-0.15, -0.1) is 0 Å². The molecule has 380 valence electrons. The smallest absolute Gasteiger partial charge is 0.265 e. The first kappa shape index (κ1) is 49.1. The lowest BCUT2D eigenvalue weighted by molar-refractivity contribution is 0.332. The molecule has 0 saturated heterocycles. The normalized spacial score (nSPS) is 12.0. The van der Waals surface area contributed by atoms with Crippen molar-refractivity contribution >= 4 is 52.9 Å². The molecule has 75 heavy (non-hydrogen) atoms. The van der Waals surface area contributed by atoms with Crippen molar-refractivity contribution in [3.8, 4) is 46.0 Å². The summed E-state index contributed by atoms with van der Waals surface area (Å²) in [5.41, 5.74) is -8.64. The minimum Gasteiger partial charge on any atom is -0.451 e. The van der Waals surface area contributed by atoms with Crippen molar-refractivity contribution in [3.05, 3.63) is 190 Å². The quantitative estimate of drug-likeness (QED) is 0.124. The molecule has 0 N–H and O–H groups in total. The summed E-state index contributed by atoms with van der Waals surface area (Å²) in [5.74, 6) is -28.6. The van der Waals surface area contributed by atoms with E-state index in [0.29, 0.717) is 18.3 Å². The number of hydrogen-bond acceptors (Lipinski definition) is 14. The fourth-order valence-corrected chi connectivity index (χ4v) is 9.56. The molecule has 0 bridgehead atoms. The summed E-state index contributed by atoms with van der Waals surface area (Å²) >= 11 is 0. The monoisotopic (exact) mass is 1060 g/mol. The lowest BCUT2D eigenvalue weighted by atomic mass is 10.1.